The van der Waals surface area contributed by atoms with Crippen molar-refractivity contribution in [2.45, 2.75) is 38.8 Å². The van der Waals surface area contributed by atoms with Crippen molar-refractivity contribution in [2.24, 2.45) is 5.73 Å². The van der Waals surface area contributed by atoms with E-state index >= 15 is 0 Å². The smallest absolute Gasteiger partial charge is 0.0518 e. The van der Waals surface area contributed by atoms with Crippen molar-refractivity contribution < 1.29 is 4.74 Å². The highest BCUT2D eigenvalue weighted by molar-refractivity contribution is 4.77. The molecule has 1 aliphatic rings. The van der Waals surface area contributed by atoms with Gasteiger partial charge in [-0.05, 0) is 33.2 Å². The fourth-order valence-corrected chi connectivity index (χ4v) is 1.67. The molecule has 1 atom stereocenters. The highest BCUT2D eigenvalue weighted by atomic mass is 16.5. The predicted molar refractivity (Wildman–Crippen MR) is 54.7 cm³/mol. The Hall–Kier alpha value is -0.120. The van der Waals surface area contributed by atoms with E-state index in [4.69, 9.17) is 10.5 Å². The Balaban J connectivity index is 1.94. The van der Waals surface area contributed by atoms with Gasteiger partial charge in [-0.15, -0.1) is 0 Å². The van der Waals surface area contributed by atoms with Gasteiger partial charge in [0.1, 0.15) is 0 Å². The quantitative estimate of drug-likeness (QED) is 0.646. The standard InChI is InChI=1S/C10H22N2O/c1-9(2)13-7-3-5-12-6-4-10(11)8-12/h9-10H,3-8,11H2,1-2H3/t10-/m0/s1. The zero-order valence-electron chi connectivity index (χ0n) is 8.83. The molecule has 1 aliphatic heterocycles. The van der Waals surface area contributed by atoms with Gasteiger partial charge in [0, 0.05) is 25.7 Å². The van der Waals surface area contributed by atoms with E-state index in [1.54, 1.807) is 0 Å². The second-order valence-corrected chi connectivity index (χ2v) is 4.12. The zero-order valence-corrected chi connectivity index (χ0v) is 8.83. The fraction of sp³-hybridized carbons (Fsp3) is 1.00. The van der Waals surface area contributed by atoms with E-state index in [9.17, 15) is 0 Å². The molecule has 0 aromatic carbocycles. The summed E-state index contributed by atoms with van der Waals surface area (Å²) in [4.78, 5) is 2.42. The molecule has 0 aliphatic carbocycles. The number of nitrogens with two attached hydrogens (primary N) is 1. The fourth-order valence-electron chi connectivity index (χ4n) is 1.67. The molecular formula is C10H22N2O. The minimum Gasteiger partial charge on any atom is -0.379 e. The van der Waals surface area contributed by atoms with Gasteiger partial charge in [-0.25, -0.2) is 0 Å². The molecule has 0 radical (unpaired) electrons. The minimum atomic E-state index is 0.362. The molecule has 3 heteroatoms. The molecule has 0 saturated carbocycles. The Kier molecular flexibility index (Phi) is 4.70. The lowest BCUT2D eigenvalue weighted by Crippen LogP contribution is -2.28. The Bertz CT molecular complexity index is 139. The summed E-state index contributed by atoms with van der Waals surface area (Å²) in [5.41, 5.74) is 5.80. The van der Waals surface area contributed by atoms with E-state index < -0.39 is 0 Å². The van der Waals surface area contributed by atoms with Crippen LogP contribution in [0.25, 0.3) is 0 Å². The predicted octanol–water partition coefficient (Wildman–Crippen LogP) is 0.835. The van der Waals surface area contributed by atoms with E-state index in [2.05, 4.69) is 18.7 Å². The topological polar surface area (TPSA) is 38.5 Å². The van der Waals surface area contributed by atoms with Gasteiger partial charge in [0.05, 0.1) is 6.10 Å². The number of ether oxygens (including phenoxy) is 1. The van der Waals surface area contributed by atoms with Crippen LogP contribution >= 0.6 is 0 Å². The van der Waals surface area contributed by atoms with Gasteiger partial charge in [0.15, 0.2) is 0 Å². The van der Waals surface area contributed by atoms with Crippen LogP contribution in [0.15, 0.2) is 0 Å². The van der Waals surface area contributed by atoms with Crippen LogP contribution in [0.5, 0.6) is 0 Å². The Morgan fingerprint density at radius 1 is 1.54 bits per heavy atom. The van der Waals surface area contributed by atoms with E-state index in [1.165, 1.54) is 6.54 Å². The molecule has 0 unspecified atom stereocenters. The van der Waals surface area contributed by atoms with E-state index in [0.29, 0.717) is 12.1 Å². The summed E-state index contributed by atoms with van der Waals surface area (Å²) in [6.07, 6.45) is 2.65. The highest BCUT2D eigenvalue weighted by Gasteiger charge is 2.17. The maximum Gasteiger partial charge on any atom is 0.0518 e. The summed E-state index contributed by atoms with van der Waals surface area (Å²) in [5, 5.41) is 0. The van der Waals surface area contributed by atoms with Crippen molar-refractivity contribution in [3.63, 3.8) is 0 Å². The van der Waals surface area contributed by atoms with Crippen LogP contribution in [0, 0.1) is 0 Å². The summed E-state index contributed by atoms with van der Waals surface area (Å²) in [5.74, 6) is 0. The molecule has 1 heterocycles. The van der Waals surface area contributed by atoms with E-state index in [1.807, 2.05) is 0 Å². The number of rotatable bonds is 5. The van der Waals surface area contributed by atoms with Crippen molar-refractivity contribution >= 4 is 0 Å². The molecule has 0 aromatic rings. The SMILES string of the molecule is CC(C)OCCCN1CC[C@H](N)C1. The van der Waals surface area contributed by atoms with E-state index in [-0.39, 0.29) is 0 Å². The summed E-state index contributed by atoms with van der Waals surface area (Å²) in [6, 6.07) is 0.408. The largest absolute Gasteiger partial charge is 0.379 e. The van der Waals surface area contributed by atoms with E-state index in [0.717, 1.165) is 32.5 Å². The number of nitrogens with zero attached hydrogens (tertiary/aromatic N) is 1. The third-order valence-corrected chi connectivity index (χ3v) is 2.38. The molecule has 13 heavy (non-hydrogen) atoms. The molecule has 0 amide bonds. The van der Waals surface area contributed by atoms with Gasteiger partial charge in [-0.2, -0.15) is 0 Å². The lowest BCUT2D eigenvalue weighted by Gasteiger charge is -2.15. The number of hydrogen-bond donors (Lipinski definition) is 1. The third-order valence-electron chi connectivity index (χ3n) is 2.38. The van der Waals surface area contributed by atoms with Crippen LogP contribution in [0.4, 0.5) is 0 Å². The zero-order chi connectivity index (χ0) is 9.68. The first-order valence-corrected chi connectivity index (χ1v) is 5.28. The van der Waals surface area contributed by atoms with Crippen LogP contribution in [0.3, 0.4) is 0 Å². The van der Waals surface area contributed by atoms with Crippen molar-refractivity contribution in [1.82, 2.24) is 4.90 Å². The second kappa shape index (κ2) is 5.58. The van der Waals surface area contributed by atoms with Crippen molar-refractivity contribution in [3.8, 4) is 0 Å². The lowest BCUT2D eigenvalue weighted by molar-refractivity contribution is 0.0720. The molecule has 1 saturated heterocycles. The average Bonchev–Trinajstić information content (AvgIpc) is 2.45. The molecule has 78 valence electrons. The molecule has 1 fully saturated rings. The normalized spacial score (nSPS) is 24.5. The van der Waals surface area contributed by atoms with Crippen molar-refractivity contribution in [1.29, 1.82) is 0 Å². The first-order chi connectivity index (χ1) is 6.18. The van der Waals surface area contributed by atoms with Crippen molar-refractivity contribution in [2.75, 3.05) is 26.2 Å². The monoisotopic (exact) mass is 186 g/mol. The molecular weight excluding hydrogens is 164 g/mol. The van der Waals surface area contributed by atoms with Gasteiger partial charge >= 0.3 is 0 Å². The van der Waals surface area contributed by atoms with Crippen LogP contribution in [0.1, 0.15) is 26.7 Å². The van der Waals surface area contributed by atoms with Crippen LogP contribution in [-0.4, -0.2) is 43.3 Å². The van der Waals surface area contributed by atoms with Gasteiger partial charge in [0.2, 0.25) is 0 Å². The Labute approximate surface area is 81.2 Å². The van der Waals surface area contributed by atoms with Crippen molar-refractivity contribution in [3.05, 3.63) is 0 Å². The van der Waals surface area contributed by atoms with Crippen LogP contribution in [0.2, 0.25) is 0 Å². The number of likely N-dealkylation sites (tertiary alicyclic amines) is 1. The third kappa shape index (κ3) is 4.60. The Morgan fingerprint density at radius 2 is 2.31 bits per heavy atom. The molecule has 0 spiro atoms. The maximum atomic E-state index is 5.80. The Morgan fingerprint density at radius 3 is 2.85 bits per heavy atom. The summed E-state index contributed by atoms with van der Waals surface area (Å²) in [6.45, 7) is 8.41. The van der Waals surface area contributed by atoms with Gasteiger partial charge in [-0.3, -0.25) is 0 Å². The van der Waals surface area contributed by atoms with Crippen LogP contribution in [-0.2, 0) is 4.74 Å². The molecule has 0 aromatic heterocycles. The van der Waals surface area contributed by atoms with Gasteiger partial charge in [-0.1, -0.05) is 0 Å². The second-order valence-electron chi connectivity index (χ2n) is 4.12. The molecule has 2 N–H and O–H groups in total. The first-order valence-electron chi connectivity index (χ1n) is 5.28. The average molecular weight is 186 g/mol. The van der Waals surface area contributed by atoms with Gasteiger partial charge < -0.3 is 15.4 Å². The van der Waals surface area contributed by atoms with Gasteiger partial charge in [0.25, 0.3) is 0 Å². The molecule has 3 nitrogen and oxygen atoms in total. The van der Waals surface area contributed by atoms with Crippen LogP contribution < -0.4 is 5.73 Å². The number of hydrogen-bond acceptors (Lipinski definition) is 3. The maximum absolute atomic E-state index is 5.80. The summed E-state index contributed by atoms with van der Waals surface area (Å²) < 4.78 is 5.47. The molecule has 0 bridgehead atoms. The summed E-state index contributed by atoms with van der Waals surface area (Å²) >= 11 is 0. The minimum absolute atomic E-state index is 0.362. The first kappa shape index (κ1) is 11.0. The molecule has 1 rings (SSSR count). The lowest BCUT2D eigenvalue weighted by atomic mass is 10.3. The summed E-state index contributed by atoms with van der Waals surface area (Å²) in [7, 11) is 0. The highest BCUT2D eigenvalue weighted by Crippen LogP contribution is 2.06.